The van der Waals surface area contributed by atoms with Crippen LogP contribution in [-0.4, -0.2) is 66.2 Å². The van der Waals surface area contributed by atoms with Gasteiger partial charge in [0, 0.05) is 42.5 Å². The molecule has 0 aliphatic carbocycles. The van der Waals surface area contributed by atoms with E-state index < -0.39 is 11.7 Å². The second-order valence-corrected chi connectivity index (χ2v) is 7.97. The molecule has 0 radical (unpaired) electrons. The number of halogens is 1. The summed E-state index contributed by atoms with van der Waals surface area (Å²) in [5.74, 6) is 0.348. The first kappa shape index (κ1) is 22.2. The van der Waals surface area contributed by atoms with Crippen LogP contribution in [0.4, 0.5) is 4.79 Å². The molecule has 1 heterocycles. The lowest BCUT2D eigenvalue weighted by molar-refractivity contribution is -0.123. The summed E-state index contributed by atoms with van der Waals surface area (Å²) in [5, 5.41) is 0. The zero-order valence-electron chi connectivity index (χ0n) is 15.9. The first-order chi connectivity index (χ1) is 12.1. The highest BCUT2D eigenvalue weighted by Gasteiger charge is 2.21. The van der Waals surface area contributed by atoms with Crippen molar-refractivity contribution in [3.63, 3.8) is 0 Å². The van der Waals surface area contributed by atoms with Crippen LogP contribution in [0.2, 0.25) is 0 Å². The van der Waals surface area contributed by atoms with E-state index in [1.54, 1.807) is 53.2 Å². The van der Waals surface area contributed by atoms with E-state index in [9.17, 15) is 9.59 Å². The number of aromatic nitrogens is 1. The molecule has 8 heteroatoms. The van der Waals surface area contributed by atoms with E-state index in [1.165, 1.54) is 15.9 Å². The van der Waals surface area contributed by atoms with Gasteiger partial charge in [-0.1, -0.05) is 6.08 Å². The number of carbonyl (C=O) groups excluding carboxylic acids is 2. The number of hydrogen-bond acceptors (Lipinski definition) is 5. The lowest BCUT2D eigenvalue weighted by atomic mass is 10.2. The third kappa shape index (κ3) is 9.02. The Balaban J connectivity index is 2.65. The number of pyridine rings is 1. The zero-order valence-corrected chi connectivity index (χ0v) is 18.0. The second-order valence-electron chi connectivity index (χ2n) is 6.72. The van der Waals surface area contributed by atoms with Crippen molar-refractivity contribution in [2.24, 2.45) is 0 Å². The molecule has 0 fully saturated rings. The van der Waals surface area contributed by atoms with Crippen molar-refractivity contribution < 1.29 is 19.1 Å². The molecule has 0 N–H and O–H groups in total. The SMILES string of the molecule is CN(C)C(=O)/C=C/CN(CCOc1ccc(I)cn1)C(=O)OC(C)(C)C. The van der Waals surface area contributed by atoms with Crippen LogP contribution in [0.5, 0.6) is 5.88 Å². The van der Waals surface area contributed by atoms with Crippen LogP contribution >= 0.6 is 22.6 Å². The highest BCUT2D eigenvalue weighted by Crippen LogP contribution is 2.11. The summed E-state index contributed by atoms with van der Waals surface area (Å²) in [4.78, 5) is 31.1. The molecule has 144 valence electrons. The summed E-state index contributed by atoms with van der Waals surface area (Å²) < 4.78 is 12.0. The Labute approximate surface area is 168 Å². The molecule has 1 aromatic heterocycles. The summed E-state index contributed by atoms with van der Waals surface area (Å²) in [5.41, 5.74) is -0.600. The smallest absolute Gasteiger partial charge is 0.410 e. The molecule has 0 aliphatic rings. The first-order valence-electron chi connectivity index (χ1n) is 8.18. The number of rotatable bonds is 7. The third-order valence-electron chi connectivity index (χ3n) is 2.99. The highest BCUT2D eigenvalue weighted by molar-refractivity contribution is 14.1. The van der Waals surface area contributed by atoms with Crippen LogP contribution in [0.25, 0.3) is 0 Å². The lowest BCUT2D eigenvalue weighted by Gasteiger charge is -2.26. The first-order valence-corrected chi connectivity index (χ1v) is 9.26. The molecule has 0 aliphatic heterocycles. The average molecular weight is 475 g/mol. The Bertz CT molecular complexity index is 624. The van der Waals surface area contributed by atoms with Crippen molar-refractivity contribution in [3.8, 4) is 5.88 Å². The molecule has 26 heavy (non-hydrogen) atoms. The molecule has 0 atom stereocenters. The van der Waals surface area contributed by atoms with Crippen LogP contribution in [0.3, 0.4) is 0 Å². The van der Waals surface area contributed by atoms with Crippen LogP contribution in [0.15, 0.2) is 30.5 Å². The molecule has 0 saturated heterocycles. The van der Waals surface area contributed by atoms with Gasteiger partial charge in [0.2, 0.25) is 11.8 Å². The number of likely N-dealkylation sites (N-methyl/N-ethyl adjacent to an activating group) is 1. The highest BCUT2D eigenvalue weighted by atomic mass is 127. The lowest BCUT2D eigenvalue weighted by Crippen LogP contribution is -2.39. The summed E-state index contributed by atoms with van der Waals surface area (Å²) >= 11 is 2.16. The van der Waals surface area contributed by atoms with Gasteiger partial charge in [0.05, 0.1) is 6.54 Å². The van der Waals surface area contributed by atoms with Crippen molar-refractivity contribution in [2.75, 3.05) is 33.8 Å². The van der Waals surface area contributed by atoms with Gasteiger partial charge in [-0.15, -0.1) is 0 Å². The fourth-order valence-electron chi connectivity index (χ4n) is 1.72. The molecule has 1 aromatic rings. The topological polar surface area (TPSA) is 72.0 Å². The number of nitrogens with zero attached hydrogens (tertiary/aromatic N) is 3. The Morgan fingerprint density at radius 1 is 1.27 bits per heavy atom. The van der Waals surface area contributed by atoms with Gasteiger partial charge >= 0.3 is 6.09 Å². The summed E-state index contributed by atoms with van der Waals surface area (Å²) in [6.07, 6.45) is 4.31. The van der Waals surface area contributed by atoms with Crippen molar-refractivity contribution >= 4 is 34.6 Å². The number of ether oxygens (including phenoxy) is 2. The van der Waals surface area contributed by atoms with E-state index in [0.29, 0.717) is 12.4 Å². The Kier molecular flexibility index (Phi) is 8.83. The fourth-order valence-corrected chi connectivity index (χ4v) is 2.04. The molecule has 7 nitrogen and oxygen atoms in total. The van der Waals surface area contributed by atoms with Crippen LogP contribution in [0.1, 0.15) is 20.8 Å². The minimum Gasteiger partial charge on any atom is -0.476 e. The van der Waals surface area contributed by atoms with E-state index in [4.69, 9.17) is 9.47 Å². The van der Waals surface area contributed by atoms with Gasteiger partial charge in [0.15, 0.2) is 0 Å². The minimum atomic E-state index is -0.600. The van der Waals surface area contributed by atoms with Crippen LogP contribution in [-0.2, 0) is 9.53 Å². The van der Waals surface area contributed by atoms with E-state index in [1.807, 2.05) is 6.07 Å². The molecular weight excluding hydrogens is 449 g/mol. The van der Waals surface area contributed by atoms with Gasteiger partial charge in [-0.2, -0.15) is 0 Å². The summed E-state index contributed by atoms with van der Waals surface area (Å²) in [6, 6.07) is 3.67. The largest absolute Gasteiger partial charge is 0.476 e. The molecule has 0 spiro atoms. The van der Waals surface area contributed by atoms with Gasteiger partial charge in [0.25, 0.3) is 0 Å². The fraction of sp³-hybridized carbons (Fsp3) is 0.500. The van der Waals surface area contributed by atoms with E-state index >= 15 is 0 Å². The quantitative estimate of drug-likeness (QED) is 0.448. The molecule has 0 bridgehead atoms. The van der Waals surface area contributed by atoms with E-state index in [-0.39, 0.29) is 19.1 Å². The predicted molar refractivity (Wildman–Crippen MR) is 108 cm³/mol. The molecular formula is C18H26IN3O4. The van der Waals surface area contributed by atoms with Gasteiger partial charge in [-0.3, -0.25) is 4.79 Å². The molecule has 0 aromatic carbocycles. The van der Waals surface area contributed by atoms with Crippen LogP contribution in [0, 0.1) is 3.57 Å². The number of amides is 2. The Morgan fingerprint density at radius 3 is 2.50 bits per heavy atom. The minimum absolute atomic E-state index is 0.145. The maximum Gasteiger partial charge on any atom is 0.410 e. The third-order valence-corrected chi connectivity index (χ3v) is 3.63. The monoisotopic (exact) mass is 475 g/mol. The summed E-state index contributed by atoms with van der Waals surface area (Å²) in [6.45, 7) is 6.24. The van der Waals surface area contributed by atoms with Gasteiger partial charge in [-0.05, 0) is 49.4 Å². The maximum atomic E-state index is 12.4. The van der Waals surface area contributed by atoms with Gasteiger partial charge in [0.1, 0.15) is 12.2 Å². The molecule has 2 amide bonds. The standard InChI is InChI=1S/C18H26IN3O4/c1-18(2,3)26-17(24)22(10-6-7-16(23)21(4)5)11-12-25-15-9-8-14(19)13-20-15/h6-9,13H,10-12H2,1-5H3/b7-6+. The molecule has 1 rings (SSSR count). The number of hydrogen-bond donors (Lipinski definition) is 0. The predicted octanol–water partition coefficient (Wildman–Crippen LogP) is 2.95. The normalized spacial score (nSPS) is 11.3. The van der Waals surface area contributed by atoms with E-state index in [0.717, 1.165) is 3.57 Å². The van der Waals surface area contributed by atoms with Crippen molar-refractivity contribution in [1.29, 1.82) is 0 Å². The van der Waals surface area contributed by atoms with Gasteiger partial charge < -0.3 is 19.3 Å². The average Bonchev–Trinajstić information content (AvgIpc) is 2.53. The Hall–Kier alpha value is -1.84. The molecule has 0 unspecified atom stereocenters. The van der Waals surface area contributed by atoms with E-state index in [2.05, 4.69) is 27.6 Å². The van der Waals surface area contributed by atoms with Crippen molar-refractivity contribution in [2.45, 2.75) is 26.4 Å². The van der Waals surface area contributed by atoms with Crippen molar-refractivity contribution in [3.05, 3.63) is 34.1 Å². The van der Waals surface area contributed by atoms with Crippen molar-refractivity contribution in [1.82, 2.24) is 14.8 Å². The second kappa shape index (κ2) is 10.3. The molecule has 0 saturated carbocycles. The maximum absolute atomic E-state index is 12.4. The zero-order chi connectivity index (χ0) is 19.7. The summed E-state index contributed by atoms with van der Waals surface area (Å²) in [7, 11) is 3.33. The van der Waals surface area contributed by atoms with Crippen LogP contribution < -0.4 is 4.74 Å². The Morgan fingerprint density at radius 2 is 1.96 bits per heavy atom. The van der Waals surface area contributed by atoms with Gasteiger partial charge in [-0.25, -0.2) is 9.78 Å². The number of carbonyl (C=O) groups is 2.